The summed E-state index contributed by atoms with van der Waals surface area (Å²) in [6.07, 6.45) is 2.94. The van der Waals surface area contributed by atoms with Gasteiger partial charge in [-0.15, -0.1) is 0 Å². The second-order valence-corrected chi connectivity index (χ2v) is 3.65. The van der Waals surface area contributed by atoms with E-state index in [2.05, 4.69) is 5.32 Å². The van der Waals surface area contributed by atoms with E-state index in [1.54, 1.807) is 0 Å². The topological polar surface area (TPSA) is 29.1 Å². The van der Waals surface area contributed by atoms with Crippen molar-refractivity contribution in [1.29, 1.82) is 0 Å². The van der Waals surface area contributed by atoms with Gasteiger partial charge in [0, 0.05) is 10.6 Å². The van der Waals surface area contributed by atoms with E-state index in [1.165, 1.54) is 0 Å². The predicted octanol–water partition coefficient (Wildman–Crippen LogP) is 2.07. The SMILES string of the molecule is CC1=C2CCCC(Cl)=C2NC1=O. The molecule has 3 heteroatoms. The smallest absolute Gasteiger partial charge is 0.251 e. The van der Waals surface area contributed by atoms with Crippen LogP contribution in [-0.4, -0.2) is 5.91 Å². The number of carbonyl (C=O) groups excluding carboxylic acids is 1. The highest BCUT2D eigenvalue weighted by Gasteiger charge is 2.27. The molecule has 2 aliphatic rings. The Morgan fingerprint density at radius 3 is 2.83 bits per heavy atom. The molecule has 2 nitrogen and oxygen atoms in total. The summed E-state index contributed by atoms with van der Waals surface area (Å²) in [6, 6.07) is 0. The van der Waals surface area contributed by atoms with Gasteiger partial charge < -0.3 is 5.32 Å². The van der Waals surface area contributed by atoms with Crippen molar-refractivity contribution in [2.24, 2.45) is 0 Å². The first-order valence-electron chi connectivity index (χ1n) is 4.10. The van der Waals surface area contributed by atoms with Crippen molar-refractivity contribution < 1.29 is 4.79 Å². The Hall–Kier alpha value is -0.760. The van der Waals surface area contributed by atoms with E-state index in [0.29, 0.717) is 0 Å². The lowest BCUT2D eigenvalue weighted by Gasteiger charge is -2.14. The van der Waals surface area contributed by atoms with Crippen LogP contribution in [0.4, 0.5) is 0 Å². The fraction of sp³-hybridized carbons (Fsp3) is 0.444. The number of rotatable bonds is 0. The van der Waals surface area contributed by atoms with Gasteiger partial charge in [-0.2, -0.15) is 0 Å². The molecule has 0 fully saturated rings. The van der Waals surface area contributed by atoms with Gasteiger partial charge >= 0.3 is 0 Å². The third-order valence-corrected chi connectivity index (χ3v) is 2.81. The summed E-state index contributed by atoms with van der Waals surface area (Å²) in [4.78, 5) is 11.2. The van der Waals surface area contributed by atoms with Gasteiger partial charge in [-0.05, 0) is 31.8 Å². The quantitative estimate of drug-likeness (QED) is 0.612. The second-order valence-electron chi connectivity index (χ2n) is 3.19. The summed E-state index contributed by atoms with van der Waals surface area (Å²) in [6.45, 7) is 1.85. The third-order valence-electron chi connectivity index (χ3n) is 2.43. The van der Waals surface area contributed by atoms with Crippen LogP contribution in [0.25, 0.3) is 0 Å². The summed E-state index contributed by atoms with van der Waals surface area (Å²) < 4.78 is 0. The van der Waals surface area contributed by atoms with Crippen LogP contribution in [0, 0.1) is 0 Å². The van der Waals surface area contributed by atoms with Crippen LogP contribution in [0.15, 0.2) is 21.9 Å². The molecule has 1 heterocycles. The minimum Gasteiger partial charge on any atom is -0.321 e. The molecular weight excluding hydrogens is 174 g/mol. The molecule has 0 aromatic heterocycles. The minimum absolute atomic E-state index is 0.0139. The molecule has 0 atom stereocenters. The molecule has 0 saturated heterocycles. The van der Waals surface area contributed by atoms with E-state index in [4.69, 9.17) is 11.6 Å². The van der Waals surface area contributed by atoms with Crippen LogP contribution in [0.2, 0.25) is 0 Å². The Kier molecular flexibility index (Phi) is 1.72. The van der Waals surface area contributed by atoms with Gasteiger partial charge in [0.15, 0.2) is 0 Å². The molecule has 0 saturated carbocycles. The highest BCUT2D eigenvalue weighted by molar-refractivity contribution is 6.30. The van der Waals surface area contributed by atoms with Crippen molar-refractivity contribution in [3.63, 3.8) is 0 Å². The zero-order chi connectivity index (χ0) is 8.72. The van der Waals surface area contributed by atoms with Crippen molar-refractivity contribution in [2.45, 2.75) is 26.2 Å². The van der Waals surface area contributed by atoms with Crippen LogP contribution in [-0.2, 0) is 4.79 Å². The highest BCUT2D eigenvalue weighted by atomic mass is 35.5. The van der Waals surface area contributed by atoms with Crippen molar-refractivity contribution in [3.05, 3.63) is 21.9 Å². The average Bonchev–Trinajstić information content (AvgIpc) is 2.32. The molecule has 0 aromatic carbocycles. The van der Waals surface area contributed by atoms with Crippen LogP contribution < -0.4 is 5.32 Å². The van der Waals surface area contributed by atoms with Gasteiger partial charge in [-0.25, -0.2) is 0 Å². The lowest BCUT2D eigenvalue weighted by Crippen LogP contribution is -2.17. The molecule has 0 radical (unpaired) electrons. The standard InChI is InChI=1S/C9H10ClNO/c1-5-6-3-2-4-7(10)8(6)11-9(5)12/h2-4H2,1H3,(H,11,12). The Morgan fingerprint density at radius 1 is 1.42 bits per heavy atom. The summed E-state index contributed by atoms with van der Waals surface area (Å²) in [5.74, 6) is 0.0139. The van der Waals surface area contributed by atoms with Gasteiger partial charge in [0.05, 0.1) is 5.70 Å². The molecule has 1 N–H and O–H groups in total. The molecule has 0 aromatic rings. The number of halogens is 1. The highest BCUT2D eigenvalue weighted by Crippen LogP contribution is 2.35. The molecule has 1 aliphatic heterocycles. The molecule has 0 unspecified atom stereocenters. The maximum absolute atomic E-state index is 11.2. The maximum Gasteiger partial charge on any atom is 0.251 e. The first kappa shape index (κ1) is 7.87. The van der Waals surface area contributed by atoms with Crippen LogP contribution in [0.3, 0.4) is 0 Å². The zero-order valence-corrected chi connectivity index (χ0v) is 7.66. The lowest BCUT2D eigenvalue weighted by atomic mass is 9.97. The van der Waals surface area contributed by atoms with E-state index >= 15 is 0 Å². The zero-order valence-electron chi connectivity index (χ0n) is 6.91. The molecular formula is C9H10ClNO. The Balaban J connectivity index is 2.52. The summed E-state index contributed by atoms with van der Waals surface area (Å²) in [7, 11) is 0. The fourth-order valence-electron chi connectivity index (χ4n) is 1.70. The lowest BCUT2D eigenvalue weighted by molar-refractivity contribution is -0.116. The Bertz CT molecular complexity index is 314. The summed E-state index contributed by atoms with van der Waals surface area (Å²) in [5, 5.41) is 3.60. The fourth-order valence-corrected chi connectivity index (χ4v) is 1.99. The minimum atomic E-state index is 0.0139. The normalized spacial score (nSPS) is 23.0. The largest absolute Gasteiger partial charge is 0.321 e. The molecule has 12 heavy (non-hydrogen) atoms. The number of fused-ring (bicyclic) bond motifs is 1. The number of hydrogen-bond donors (Lipinski definition) is 1. The van der Waals surface area contributed by atoms with E-state index in [0.717, 1.165) is 41.1 Å². The number of carbonyl (C=O) groups is 1. The third kappa shape index (κ3) is 0.985. The van der Waals surface area contributed by atoms with Crippen LogP contribution in [0.5, 0.6) is 0 Å². The average molecular weight is 184 g/mol. The van der Waals surface area contributed by atoms with Crippen molar-refractivity contribution in [3.8, 4) is 0 Å². The first-order chi connectivity index (χ1) is 5.70. The van der Waals surface area contributed by atoms with Gasteiger partial charge in [0.1, 0.15) is 0 Å². The number of amides is 1. The maximum atomic E-state index is 11.2. The van der Waals surface area contributed by atoms with Crippen molar-refractivity contribution in [2.75, 3.05) is 0 Å². The van der Waals surface area contributed by atoms with Gasteiger partial charge in [0.25, 0.3) is 5.91 Å². The predicted molar refractivity (Wildman–Crippen MR) is 47.6 cm³/mol. The van der Waals surface area contributed by atoms with E-state index < -0.39 is 0 Å². The molecule has 1 aliphatic carbocycles. The van der Waals surface area contributed by atoms with Crippen molar-refractivity contribution >= 4 is 17.5 Å². The van der Waals surface area contributed by atoms with E-state index in [1.807, 2.05) is 6.92 Å². The first-order valence-corrected chi connectivity index (χ1v) is 4.48. The van der Waals surface area contributed by atoms with Gasteiger partial charge in [0.2, 0.25) is 0 Å². The monoisotopic (exact) mass is 183 g/mol. The van der Waals surface area contributed by atoms with E-state index in [-0.39, 0.29) is 5.91 Å². The van der Waals surface area contributed by atoms with E-state index in [9.17, 15) is 4.79 Å². The number of allylic oxidation sites excluding steroid dienone is 2. The number of nitrogens with one attached hydrogen (secondary N) is 1. The molecule has 1 amide bonds. The Labute approximate surface area is 76.3 Å². The van der Waals surface area contributed by atoms with Crippen LogP contribution in [0.1, 0.15) is 26.2 Å². The second kappa shape index (κ2) is 2.63. The summed E-state index contributed by atoms with van der Waals surface area (Å²) >= 11 is 5.98. The molecule has 2 rings (SSSR count). The Morgan fingerprint density at radius 2 is 2.17 bits per heavy atom. The molecule has 0 spiro atoms. The molecule has 0 bridgehead atoms. The number of hydrogen-bond acceptors (Lipinski definition) is 1. The van der Waals surface area contributed by atoms with Gasteiger partial charge in [-0.1, -0.05) is 11.6 Å². The molecule has 64 valence electrons. The van der Waals surface area contributed by atoms with Crippen molar-refractivity contribution in [1.82, 2.24) is 5.32 Å². The van der Waals surface area contributed by atoms with Crippen LogP contribution >= 0.6 is 11.6 Å². The summed E-state index contributed by atoms with van der Waals surface area (Å²) in [5.41, 5.74) is 2.84. The van der Waals surface area contributed by atoms with Gasteiger partial charge in [-0.3, -0.25) is 4.79 Å².